The van der Waals surface area contributed by atoms with E-state index in [4.69, 9.17) is 12.2 Å². The van der Waals surface area contributed by atoms with E-state index in [2.05, 4.69) is 20.6 Å². The van der Waals surface area contributed by atoms with Crippen molar-refractivity contribution in [1.29, 1.82) is 0 Å². The van der Waals surface area contributed by atoms with Gasteiger partial charge < -0.3 is 10.6 Å². The summed E-state index contributed by atoms with van der Waals surface area (Å²) in [6.45, 7) is 0.590. The summed E-state index contributed by atoms with van der Waals surface area (Å²) < 4.78 is 11.6. The molecule has 0 saturated heterocycles. The van der Waals surface area contributed by atoms with Gasteiger partial charge >= 0.3 is 0 Å². The first kappa shape index (κ1) is 13.0. The second kappa shape index (κ2) is 7.24. The molecule has 0 aromatic carbocycles. The van der Waals surface area contributed by atoms with E-state index in [9.17, 15) is 4.21 Å². The molecule has 1 aromatic rings. The molecule has 0 aliphatic heterocycles. The first-order valence-corrected chi connectivity index (χ1v) is 6.67. The molecular formula is C9H14N4OS2. The molecule has 1 unspecified atom stereocenters. The van der Waals surface area contributed by atoms with Crippen LogP contribution in [0, 0.1) is 0 Å². The van der Waals surface area contributed by atoms with Crippen LogP contribution >= 0.6 is 12.2 Å². The zero-order valence-electron chi connectivity index (χ0n) is 8.97. The van der Waals surface area contributed by atoms with Gasteiger partial charge in [0.25, 0.3) is 0 Å². The molecule has 0 aliphatic rings. The van der Waals surface area contributed by atoms with Crippen molar-refractivity contribution in [3.63, 3.8) is 0 Å². The van der Waals surface area contributed by atoms with Crippen LogP contribution in [0.3, 0.4) is 0 Å². The first-order valence-electron chi connectivity index (χ1n) is 4.78. The summed E-state index contributed by atoms with van der Waals surface area (Å²) in [7, 11) is 0.800. The number of aromatic nitrogens is 2. The van der Waals surface area contributed by atoms with Gasteiger partial charge in [-0.3, -0.25) is 14.2 Å². The second-order valence-electron chi connectivity index (χ2n) is 2.99. The summed E-state index contributed by atoms with van der Waals surface area (Å²) in [6.07, 6.45) is 4.82. The third-order valence-corrected chi connectivity index (χ3v) is 3.39. The minimum atomic E-state index is -0.942. The quantitative estimate of drug-likeness (QED) is 0.714. The van der Waals surface area contributed by atoms with Gasteiger partial charge in [-0.25, -0.2) is 0 Å². The van der Waals surface area contributed by atoms with E-state index < -0.39 is 10.8 Å². The summed E-state index contributed by atoms with van der Waals surface area (Å²) in [4.78, 5) is 7.98. The van der Waals surface area contributed by atoms with Gasteiger partial charge in [-0.15, -0.1) is 0 Å². The van der Waals surface area contributed by atoms with Crippen molar-refractivity contribution in [3.8, 4) is 0 Å². The lowest BCUT2D eigenvalue weighted by atomic mass is 10.5. The lowest BCUT2D eigenvalue weighted by Gasteiger charge is -2.06. The monoisotopic (exact) mass is 258 g/mol. The van der Waals surface area contributed by atoms with Gasteiger partial charge in [0.2, 0.25) is 0 Å². The second-order valence-corrected chi connectivity index (χ2v) is 4.98. The molecule has 0 fully saturated rings. The zero-order chi connectivity index (χ0) is 11.8. The molecule has 1 aromatic heterocycles. The first-order chi connectivity index (χ1) is 7.72. The number of hydrogen-bond donors (Lipinski definition) is 2. The molecule has 0 spiro atoms. The van der Waals surface area contributed by atoms with Crippen molar-refractivity contribution in [2.45, 2.75) is 5.75 Å². The fourth-order valence-corrected chi connectivity index (χ4v) is 2.06. The third kappa shape index (κ3) is 5.13. The Hall–Kier alpha value is -1.08. The van der Waals surface area contributed by atoms with E-state index in [1.807, 2.05) is 0 Å². The Balaban J connectivity index is 2.24. The van der Waals surface area contributed by atoms with Crippen LogP contribution in [0.1, 0.15) is 5.69 Å². The normalized spacial score (nSPS) is 11.8. The molecule has 88 valence electrons. The Morgan fingerprint density at radius 2 is 2.38 bits per heavy atom. The predicted octanol–water partition coefficient (Wildman–Crippen LogP) is -0.181. The van der Waals surface area contributed by atoms with Gasteiger partial charge in [0.1, 0.15) is 0 Å². The van der Waals surface area contributed by atoms with Crippen LogP contribution in [0.15, 0.2) is 18.6 Å². The Kier molecular flexibility index (Phi) is 5.87. The lowest BCUT2D eigenvalue weighted by molar-refractivity contribution is 0.680. The highest BCUT2D eigenvalue weighted by molar-refractivity contribution is 7.84. The smallest absolute Gasteiger partial charge is 0.166 e. The maximum absolute atomic E-state index is 11.6. The SMILES string of the molecule is CNC(=S)NCCS(=O)Cc1cnccn1. The summed E-state index contributed by atoms with van der Waals surface area (Å²) in [5, 5.41) is 6.29. The highest BCUT2D eigenvalue weighted by Gasteiger charge is 2.02. The standard InChI is InChI=1S/C9H14N4OS2/c1-10-9(15)13-4-5-16(14)7-8-6-11-2-3-12-8/h2-3,6H,4-5,7H2,1H3,(H2,10,13,15). The molecule has 0 saturated carbocycles. The summed E-state index contributed by atoms with van der Waals surface area (Å²) in [6, 6.07) is 0. The number of hydrogen-bond acceptors (Lipinski definition) is 4. The third-order valence-electron chi connectivity index (χ3n) is 1.77. The molecule has 2 N–H and O–H groups in total. The van der Waals surface area contributed by atoms with Crippen LogP contribution in [0.2, 0.25) is 0 Å². The highest BCUT2D eigenvalue weighted by atomic mass is 32.2. The Morgan fingerprint density at radius 3 is 3.00 bits per heavy atom. The summed E-state index contributed by atoms with van der Waals surface area (Å²) >= 11 is 4.89. The van der Waals surface area contributed by atoms with Crippen LogP contribution in [-0.2, 0) is 16.6 Å². The summed E-state index contributed by atoms with van der Waals surface area (Å²) in [5.41, 5.74) is 0.747. The average molecular weight is 258 g/mol. The molecule has 1 atom stereocenters. The molecule has 0 bridgehead atoms. The zero-order valence-corrected chi connectivity index (χ0v) is 10.6. The van der Waals surface area contributed by atoms with Crippen molar-refractivity contribution in [3.05, 3.63) is 24.3 Å². The maximum Gasteiger partial charge on any atom is 0.166 e. The molecule has 7 heteroatoms. The molecule has 16 heavy (non-hydrogen) atoms. The van der Waals surface area contributed by atoms with E-state index >= 15 is 0 Å². The predicted molar refractivity (Wildman–Crippen MR) is 68.4 cm³/mol. The minimum Gasteiger partial charge on any atom is -0.366 e. The minimum absolute atomic E-state index is 0.432. The van der Waals surface area contributed by atoms with Gasteiger partial charge in [-0.1, -0.05) is 0 Å². The van der Waals surface area contributed by atoms with Gasteiger partial charge in [-0.2, -0.15) is 0 Å². The summed E-state index contributed by atoms with van der Waals surface area (Å²) in [5.74, 6) is 0.972. The van der Waals surface area contributed by atoms with E-state index in [1.54, 1.807) is 25.6 Å². The number of nitrogens with one attached hydrogen (secondary N) is 2. The van der Waals surface area contributed by atoms with E-state index in [0.29, 0.717) is 23.2 Å². The average Bonchev–Trinajstić information content (AvgIpc) is 2.30. The van der Waals surface area contributed by atoms with Gasteiger partial charge in [0.05, 0.1) is 11.4 Å². The Bertz CT molecular complexity index is 358. The van der Waals surface area contributed by atoms with Crippen molar-refractivity contribution in [2.24, 2.45) is 0 Å². The Labute approximate surface area is 103 Å². The topological polar surface area (TPSA) is 66.9 Å². The number of thiocarbonyl (C=S) groups is 1. The number of nitrogens with zero attached hydrogens (tertiary/aromatic N) is 2. The fourth-order valence-electron chi connectivity index (χ4n) is 1.01. The van der Waals surface area contributed by atoms with Gasteiger partial charge in [0, 0.05) is 48.7 Å². The molecule has 0 amide bonds. The van der Waals surface area contributed by atoms with Crippen molar-refractivity contribution in [1.82, 2.24) is 20.6 Å². The maximum atomic E-state index is 11.6. The van der Waals surface area contributed by atoms with E-state index in [1.165, 1.54) is 0 Å². The van der Waals surface area contributed by atoms with Crippen LogP contribution in [-0.4, -0.2) is 38.6 Å². The molecular weight excluding hydrogens is 244 g/mol. The van der Waals surface area contributed by atoms with Gasteiger partial charge in [-0.05, 0) is 12.2 Å². The van der Waals surface area contributed by atoms with Gasteiger partial charge in [0.15, 0.2) is 5.11 Å². The lowest BCUT2D eigenvalue weighted by Crippen LogP contribution is -2.35. The van der Waals surface area contributed by atoms with Crippen LogP contribution in [0.25, 0.3) is 0 Å². The fraction of sp³-hybridized carbons (Fsp3) is 0.444. The van der Waals surface area contributed by atoms with Crippen molar-refractivity contribution >= 4 is 28.1 Å². The molecule has 1 heterocycles. The van der Waals surface area contributed by atoms with Crippen LogP contribution in [0.4, 0.5) is 0 Å². The van der Waals surface area contributed by atoms with Crippen LogP contribution in [0.5, 0.6) is 0 Å². The molecule has 1 rings (SSSR count). The van der Waals surface area contributed by atoms with Crippen LogP contribution < -0.4 is 10.6 Å². The molecule has 0 radical (unpaired) electrons. The van der Waals surface area contributed by atoms with E-state index in [0.717, 1.165) is 5.69 Å². The van der Waals surface area contributed by atoms with Crippen molar-refractivity contribution in [2.75, 3.05) is 19.3 Å². The van der Waals surface area contributed by atoms with Crippen molar-refractivity contribution < 1.29 is 4.21 Å². The highest BCUT2D eigenvalue weighted by Crippen LogP contribution is 1.96. The largest absolute Gasteiger partial charge is 0.366 e. The molecule has 0 aliphatic carbocycles. The number of rotatable bonds is 5. The molecule has 5 nitrogen and oxygen atoms in total. The Morgan fingerprint density at radius 1 is 1.56 bits per heavy atom. The van der Waals surface area contributed by atoms with E-state index in [-0.39, 0.29) is 0 Å².